The van der Waals surface area contributed by atoms with Gasteiger partial charge in [0.15, 0.2) is 5.69 Å². The fraction of sp³-hybridized carbons (Fsp3) is 0.294. The molecule has 6 heteroatoms. The second-order valence-electron chi connectivity index (χ2n) is 5.49. The number of fused-ring (bicyclic) bond motifs is 1. The van der Waals surface area contributed by atoms with Crippen molar-refractivity contribution in [2.24, 2.45) is 7.05 Å². The highest BCUT2D eigenvalue weighted by atomic mass is 16.2. The van der Waals surface area contributed by atoms with Crippen molar-refractivity contribution in [3.05, 3.63) is 48.5 Å². The Hall–Kier alpha value is -2.60. The molecule has 0 fully saturated rings. The van der Waals surface area contributed by atoms with Crippen LogP contribution in [-0.2, 0) is 7.05 Å². The smallest absolute Gasteiger partial charge is 0.272 e. The first kappa shape index (κ1) is 15.3. The Balaban J connectivity index is 1.93. The number of nitrogens with one attached hydrogen (secondary N) is 1. The molecule has 3 aromatic rings. The zero-order valence-electron chi connectivity index (χ0n) is 13.1. The molecule has 0 aromatic carbocycles. The molecule has 0 saturated heterocycles. The fourth-order valence-corrected chi connectivity index (χ4v) is 2.57. The minimum atomic E-state index is -0.186. The van der Waals surface area contributed by atoms with Crippen LogP contribution in [0.4, 0.5) is 0 Å². The predicted octanol–water partition coefficient (Wildman–Crippen LogP) is 1.84. The van der Waals surface area contributed by atoms with Crippen LogP contribution in [0.1, 0.15) is 23.3 Å². The molecular weight excluding hydrogens is 292 g/mol. The maximum atomic E-state index is 12.4. The molecular formula is C17H20N4O2. The zero-order chi connectivity index (χ0) is 16.2. The molecule has 0 spiro atoms. The largest absolute Gasteiger partial charge is 0.396 e. The van der Waals surface area contributed by atoms with Crippen molar-refractivity contribution in [1.29, 1.82) is 0 Å². The summed E-state index contributed by atoms with van der Waals surface area (Å²) in [5, 5.41) is 11.7. The third-order valence-electron chi connectivity index (χ3n) is 3.72. The number of amides is 1. The quantitative estimate of drug-likeness (QED) is 0.682. The number of hydrogen-bond donors (Lipinski definition) is 2. The monoisotopic (exact) mass is 312 g/mol. The summed E-state index contributed by atoms with van der Waals surface area (Å²) in [5.41, 5.74) is 2.17. The minimum absolute atomic E-state index is 0.140. The first-order chi connectivity index (χ1) is 11.2. The molecule has 0 aliphatic rings. The van der Waals surface area contributed by atoms with E-state index < -0.39 is 0 Å². The molecule has 0 atom stereocenters. The van der Waals surface area contributed by atoms with Gasteiger partial charge >= 0.3 is 0 Å². The lowest BCUT2D eigenvalue weighted by atomic mass is 10.3. The average molecular weight is 312 g/mol. The number of carbonyl (C=O) groups is 1. The van der Waals surface area contributed by atoms with Gasteiger partial charge in [0.1, 0.15) is 5.82 Å². The second kappa shape index (κ2) is 6.66. The van der Waals surface area contributed by atoms with Crippen molar-refractivity contribution in [3.8, 4) is 11.4 Å². The summed E-state index contributed by atoms with van der Waals surface area (Å²) < 4.78 is 3.88. The fourth-order valence-electron chi connectivity index (χ4n) is 2.57. The summed E-state index contributed by atoms with van der Waals surface area (Å²) in [4.78, 5) is 17.0. The van der Waals surface area contributed by atoms with Crippen molar-refractivity contribution >= 4 is 11.4 Å². The molecule has 3 heterocycles. The Kier molecular flexibility index (Phi) is 4.43. The zero-order valence-corrected chi connectivity index (χ0v) is 13.1. The van der Waals surface area contributed by atoms with Gasteiger partial charge in [-0.25, -0.2) is 4.98 Å². The number of pyridine rings is 1. The third kappa shape index (κ3) is 3.12. The number of aromatic nitrogens is 3. The number of aliphatic hydroxyl groups is 1. The maximum Gasteiger partial charge on any atom is 0.272 e. The van der Waals surface area contributed by atoms with Gasteiger partial charge in [-0.1, -0.05) is 6.07 Å². The van der Waals surface area contributed by atoms with E-state index in [0.29, 0.717) is 18.7 Å². The number of unbranched alkanes of at least 4 members (excludes halogenated alkanes) is 1. The van der Waals surface area contributed by atoms with E-state index in [1.54, 1.807) is 0 Å². The van der Waals surface area contributed by atoms with Crippen LogP contribution in [0.2, 0.25) is 0 Å². The van der Waals surface area contributed by atoms with E-state index in [2.05, 4.69) is 10.3 Å². The summed E-state index contributed by atoms with van der Waals surface area (Å²) in [6.45, 7) is 0.674. The standard InChI is InChI=1S/C17H20N4O2/c1-20-10-7-13(12-20)16-19-15(14-6-2-4-9-21(14)16)17(23)18-8-3-5-11-22/h2,4,6-7,9-10,12,22H,3,5,8,11H2,1H3,(H,18,23). The molecule has 0 unspecified atom stereocenters. The average Bonchev–Trinajstić information content (AvgIpc) is 3.15. The van der Waals surface area contributed by atoms with Gasteiger partial charge in [0.2, 0.25) is 0 Å². The molecule has 0 aliphatic heterocycles. The first-order valence-corrected chi connectivity index (χ1v) is 7.69. The second-order valence-corrected chi connectivity index (χ2v) is 5.49. The molecule has 23 heavy (non-hydrogen) atoms. The Morgan fingerprint density at radius 1 is 1.26 bits per heavy atom. The van der Waals surface area contributed by atoms with E-state index in [-0.39, 0.29) is 12.5 Å². The Labute approximate surface area is 134 Å². The molecule has 0 saturated carbocycles. The molecule has 2 N–H and O–H groups in total. The molecule has 6 nitrogen and oxygen atoms in total. The van der Waals surface area contributed by atoms with Crippen LogP contribution >= 0.6 is 0 Å². The van der Waals surface area contributed by atoms with E-state index in [9.17, 15) is 4.79 Å². The van der Waals surface area contributed by atoms with Crippen LogP contribution in [-0.4, -0.2) is 38.1 Å². The number of rotatable bonds is 6. The molecule has 0 aliphatic carbocycles. The Morgan fingerprint density at radius 2 is 2.13 bits per heavy atom. The lowest BCUT2D eigenvalue weighted by molar-refractivity contribution is 0.0949. The van der Waals surface area contributed by atoms with E-state index >= 15 is 0 Å². The third-order valence-corrected chi connectivity index (χ3v) is 3.72. The van der Waals surface area contributed by atoms with Crippen LogP contribution in [0, 0.1) is 0 Å². The highest BCUT2D eigenvalue weighted by Crippen LogP contribution is 2.22. The predicted molar refractivity (Wildman–Crippen MR) is 88.3 cm³/mol. The van der Waals surface area contributed by atoms with Crippen molar-refractivity contribution in [1.82, 2.24) is 19.3 Å². The summed E-state index contributed by atoms with van der Waals surface area (Å²) in [6.07, 6.45) is 7.27. The number of aryl methyl sites for hydroxylation is 1. The number of imidazole rings is 1. The molecule has 0 bridgehead atoms. The van der Waals surface area contributed by atoms with Gasteiger partial charge in [-0.15, -0.1) is 0 Å². The van der Waals surface area contributed by atoms with Crippen molar-refractivity contribution in [3.63, 3.8) is 0 Å². The van der Waals surface area contributed by atoms with Crippen molar-refractivity contribution < 1.29 is 9.90 Å². The van der Waals surface area contributed by atoms with Crippen LogP contribution in [0.3, 0.4) is 0 Å². The van der Waals surface area contributed by atoms with Crippen LogP contribution in [0.15, 0.2) is 42.9 Å². The Morgan fingerprint density at radius 3 is 2.87 bits per heavy atom. The van der Waals surface area contributed by atoms with E-state index in [1.165, 1.54) is 0 Å². The number of carbonyl (C=O) groups excluding carboxylic acids is 1. The van der Waals surface area contributed by atoms with Gasteiger partial charge in [-0.3, -0.25) is 9.20 Å². The van der Waals surface area contributed by atoms with Gasteiger partial charge < -0.3 is 15.0 Å². The molecule has 120 valence electrons. The van der Waals surface area contributed by atoms with Gasteiger partial charge in [0.05, 0.1) is 5.52 Å². The van der Waals surface area contributed by atoms with E-state index in [0.717, 1.165) is 23.3 Å². The number of nitrogens with zero attached hydrogens (tertiary/aromatic N) is 3. The van der Waals surface area contributed by atoms with Crippen molar-refractivity contribution in [2.45, 2.75) is 12.8 Å². The van der Waals surface area contributed by atoms with Crippen molar-refractivity contribution in [2.75, 3.05) is 13.2 Å². The van der Waals surface area contributed by atoms with Gasteiger partial charge in [0.25, 0.3) is 5.91 Å². The highest BCUT2D eigenvalue weighted by molar-refractivity contribution is 6.00. The minimum Gasteiger partial charge on any atom is -0.396 e. The Bertz CT molecular complexity index is 819. The maximum absolute atomic E-state index is 12.4. The summed E-state index contributed by atoms with van der Waals surface area (Å²) in [7, 11) is 1.95. The topological polar surface area (TPSA) is 71.6 Å². The van der Waals surface area contributed by atoms with Crippen LogP contribution < -0.4 is 5.32 Å². The summed E-state index contributed by atoms with van der Waals surface area (Å²) in [5.74, 6) is 0.565. The summed E-state index contributed by atoms with van der Waals surface area (Å²) in [6, 6.07) is 7.69. The lowest BCUT2D eigenvalue weighted by Crippen LogP contribution is -2.25. The summed E-state index contributed by atoms with van der Waals surface area (Å²) >= 11 is 0. The number of aliphatic hydroxyl groups excluding tert-OH is 1. The molecule has 3 rings (SSSR count). The highest BCUT2D eigenvalue weighted by Gasteiger charge is 2.18. The number of hydrogen-bond acceptors (Lipinski definition) is 3. The first-order valence-electron chi connectivity index (χ1n) is 7.69. The van der Waals surface area contributed by atoms with E-state index in [1.807, 2.05) is 58.9 Å². The van der Waals surface area contributed by atoms with E-state index in [4.69, 9.17) is 5.11 Å². The lowest BCUT2D eigenvalue weighted by Gasteiger charge is -2.02. The molecule has 3 aromatic heterocycles. The SMILES string of the molecule is Cn1ccc(-c2nc(C(=O)NCCCCO)c3ccccn23)c1. The van der Waals surface area contributed by atoms with Gasteiger partial charge in [-0.2, -0.15) is 0 Å². The van der Waals surface area contributed by atoms with Gasteiger partial charge in [-0.05, 0) is 31.0 Å². The normalized spacial score (nSPS) is 11.0. The van der Waals surface area contributed by atoms with Crippen LogP contribution in [0.5, 0.6) is 0 Å². The molecule has 0 radical (unpaired) electrons. The molecule has 1 amide bonds. The van der Waals surface area contributed by atoms with Crippen LogP contribution in [0.25, 0.3) is 16.9 Å². The van der Waals surface area contributed by atoms with Gasteiger partial charge in [0, 0.05) is 44.4 Å².